The molecule has 0 radical (unpaired) electrons. The molecule has 1 aliphatic heterocycles. The van der Waals surface area contributed by atoms with Gasteiger partial charge in [0.05, 0.1) is 11.3 Å². The number of nitrogens with zero attached hydrogens (tertiary/aromatic N) is 4. The van der Waals surface area contributed by atoms with Crippen LogP contribution in [0.5, 0.6) is 5.88 Å². The topological polar surface area (TPSA) is 129 Å². The van der Waals surface area contributed by atoms with Crippen molar-refractivity contribution in [1.82, 2.24) is 24.4 Å². The number of likely N-dealkylation sites (tertiary alicyclic amines) is 1. The molecule has 1 saturated heterocycles. The molecule has 2 aromatic heterocycles. The molecule has 35 heavy (non-hydrogen) atoms. The molecule has 2 amide bonds. The van der Waals surface area contributed by atoms with Crippen LogP contribution in [0.25, 0.3) is 11.7 Å². The summed E-state index contributed by atoms with van der Waals surface area (Å²) in [7, 11) is 0. The first-order valence-electron chi connectivity index (χ1n) is 12.2. The van der Waals surface area contributed by atoms with Crippen molar-refractivity contribution in [1.29, 1.82) is 0 Å². The maximum atomic E-state index is 13.2. The van der Waals surface area contributed by atoms with Gasteiger partial charge in [0, 0.05) is 43.2 Å². The van der Waals surface area contributed by atoms with E-state index >= 15 is 0 Å². The minimum absolute atomic E-state index is 0.00642. The normalized spacial score (nSPS) is 18.8. The van der Waals surface area contributed by atoms with Crippen molar-refractivity contribution in [2.75, 3.05) is 13.1 Å². The SMILES string of the molecule is Cc1nn2c(=O)c(C(=O)NC3CC3)c(O)n(CC(C)C)c2c1/C=C/C(=O)N1CC[C@@H](C(C)(C)O)C1. The smallest absolute Gasteiger partial charge is 0.291 e. The van der Waals surface area contributed by atoms with Crippen molar-refractivity contribution in [2.24, 2.45) is 11.8 Å². The van der Waals surface area contributed by atoms with Crippen LogP contribution in [0.4, 0.5) is 0 Å². The lowest BCUT2D eigenvalue weighted by Gasteiger charge is -2.25. The molecule has 2 aliphatic rings. The van der Waals surface area contributed by atoms with Crippen LogP contribution in [0.3, 0.4) is 0 Å². The van der Waals surface area contributed by atoms with Crippen LogP contribution in [-0.2, 0) is 11.3 Å². The molecule has 2 aromatic rings. The molecular weight excluding hydrogens is 450 g/mol. The lowest BCUT2D eigenvalue weighted by atomic mass is 9.90. The second-order valence-electron chi connectivity index (χ2n) is 10.7. The van der Waals surface area contributed by atoms with Gasteiger partial charge in [0.25, 0.3) is 11.5 Å². The Labute approximate surface area is 204 Å². The first-order valence-corrected chi connectivity index (χ1v) is 12.2. The molecule has 190 valence electrons. The van der Waals surface area contributed by atoms with Gasteiger partial charge < -0.3 is 20.4 Å². The number of carbonyl (C=O) groups excluding carboxylic acids is 2. The quantitative estimate of drug-likeness (QED) is 0.512. The van der Waals surface area contributed by atoms with Gasteiger partial charge in [-0.3, -0.25) is 19.0 Å². The van der Waals surface area contributed by atoms with E-state index in [1.807, 2.05) is 13.8 Å². The van der Waals surface area contributed by atoms with Gasteiger partial charge >= 0.3 is 0 Å². The summed E-state index contributed by atoms with van der Waals surface area (Å²) >= 11 is 0. The Morgan fingerprint density at radius 2 is 1.94 bits per heavy atom. The van der Waals surface area contributed by atoms with Gasteiger partial charge in [0.15, 0.2) is 5.56 Å². The zero-order chi connectivity index (χ0) is 25.7. The van der Waals surface area contributed by atoms with Gasteiger partial charge in [-0.2, -0.15) is 9.61 Å². The van der Waals surface area contributed by atoms with E-state index in [1.165, 1.54) is 10.6 Å². The first-order chi connectivity index (χ1) is 16.4. The van der Waals surface area contributed by atoms with Crippen molar-refractivity contribution in [3.05, 3.63) is 33.3 Å². The van der Waals surface area contributed by atoms with Crippen molar-refractivity contribution >= 4 is 23.5 Å². The third-order valence-electron chi connectivity index (χ3n) is 6.80. The van der Waals surface area contributed by atoms with Crippen LogP contribution in [0.15, 0.2) is 10.9 Å². The van der Waals surface area contributed by atoms with Crippen LogP contribution in [-0.4, -0.2) is 65.8 Å². The van der Waals surface area contributed by atoms with Crippen LogP contribution in [0, 0.1) is 18.8 Å². The van der Waals surface area contributed by atoms with Crippen LogP contribution < -0.4 is 10.9 Å². The number of hydrogen-bond acceptors (Lipinski definition) is 6. The van der Waals surface area contributed by atoms with E-state index in [9.17, 15) is 24.6 Å². The summed E-state index contributed by atoms with van der Waals surface area (Å²) in [6.45, 7) is 10.5. The van der Waals surface area contributed by atoms with E-state index in [0.29, 0.717) is 36.5 Å². The van der Waals surface area contributed by atoms with E-state index < -0.39 is 22.9 Å². The van der Waals surface area contributed by atoms with E-state index in [1.54, 1.807) is 31.7 Å². The van der Waals surface area contributed by atoms with Crippen molar-refractivity contribution in [3.63, 3.8) is 0 Å². The molecule has 4 rings (SSSR count). The van der Waals surface area contributed by atoms with Gasteiger partial charge in [-0.25, -0.2) is 0 Å². The molecule has 3 N–H and O–H groups in total. The van der Waals surface area contributed by atoms with E-state index in [0.717, 1.165) is 23.8 Å². The second kappa shape index (κ2) is 9.14. The lowest BCUT2D eigenvalue weighted by Crippen LogP contribution is -2.35. The fourth-order valence-electron chi connectivity index (χ4n) is 4.58. The Kier molecular flexibility index (Phi) is 6.52. The highest BCUT2D eigenvalue weighted by molar-refractivity contribution is 5.97. The minimum atomic E-state index is -0.855. The van der Waals surface area contributed by atoms with Crippen LogP contribution in [0.1, 0.15) is 68.6 Å². The molecule has 2 fully saturated rings. The van der Waals surface area contributed by atoms with Gasteiger partial charge in [-0.05, 0) is 52.0 Å². The Hall–Kier alpha value is -3.14. The number of carbonyl (C=O) groups is 2. The summed E-state index contributed by atoms with van der Waals surface area (Å²) in [6, 6.07) is 0.0287. The number of aromatic hydroxyl groups is 1. The summed E-state index contributed by atoms with van der Waals surface area (Å²) in [5.41, 5.74) is -0.517. The Morgan fingerprint density at radius 3 is 2.51 bits per heavy atom. The average molecular weight is 486 g/mol. The van der Waals surface area contributed by atoms with Gasteiger partial charge in [-0.1, -0.05) is 13.8 Å². The number of hydrogen-bond donors (Lipinski definition) is 3. The summed E-state index contributed by atoms with van der Waals surface area (Å²) < 4.78 is 2.67. The second-order valence-corrected chi connectivity index (χ2v) is 10.7. The highest BCUT2D eigenvalue weighted by Crippen LogP contribution is 2.28. The van der Waals surface area contributed by atoms with Gasteiger partial charge in [0.2, 0.25) is 11.8 Å². The maximum Gasteiger partial charge on any atom is 0.291 e. The predicted octanol–water partition coefficient (Wildman–Crippen LogP) is 1.69. The number of aryl methyl sites for hydroxylation is 1. The largest absolute Gasteiger partial charge is 0.494 e. The van der Waals surface area contributed by atoms with Gasteiger partial charge in [-0.15, -0.1) is 0 Å². The number of rotatable bonds is 7. The van der Waals surface area contributed by atoms with E-state index in [4.69, 9.17) is 0 Å². The molecule has 1 aliphatic carbocycles. The van der Waals surface area contributed by atoms with Crippen molar-refractivity contribution in [3.8, 4) is 5.88 Å². The van der Waals surface area contributed by atoms with E-state index in [-0.39, 0.29) is 29.3 Å². The zero-order valence-corrected chi connectivity index (χ0v) is 21.0. The fraction of sp³-hybridized carbons (Fsp3) is 0.600. The highest BCUT2D eigenvalue weighted by atomic mass is 16.3. The highest BCUT2D eigenvalue weighted by Gasteiger charge is 2.35. The van der Waals surface area contributed by atoms with Gasteiger partial charge in [0.1, 0.15) is 5.65 Å². The zero-order valence-electron chi connectivity index (χ0n) is 21.0. The number of nitrogens with one attached hydrogen (secondary N) is 1. The van der Waals surface area contributed by atoms with E-state index in [2.05, 4.69) is 10.4 Å². The summed E-state index contributed by atoms with van der Waals surface area (Å²) in [6.07, 6.45) is 5.48. The number of aromatic nitrogens is 3. The molecule has 3 heterocycles. The number of amides is 2. The third kappa shape index (κ3) is 4.98. The summed E-state index contributed by atoms with van der Waals surface area (Å²) in [5, 5.41) is 28.4. The lowest BCUT2D eigenvalue weighted by molar-refractivity contribution is -0.125. The molecule has 1 atom stereocenters. The van der Waals surface area contributed by atoms with Crippen LogP contribution in [0.2, 0.25) is 0 Å². The number of aliphatic hydroxyl groups is 1. The predicted molar refractivity (Wildman–Crippen MR) is 131 cm³/mol. The molecule has 0 bridgehead atoms. The first kappa shape index (κ1) is 25.0. The minimum Gasteiger partial charge on any atom is -0.494 e. The maximum absolute atomic E-state index is 13.2. The van der Waals surface area contributed by atoms with Crippen molar-refractivity contribution < 1.29 is 19.8 Å². The summed E-state index contributed by atoms with van der Waals surface area (Å²) in [5.74, 6) is -1.10. The molecular formula is C25H35N5O5. The summed E-state index contributed by atoms with van der Waals surface area (Å²) in [4.78, 5) is 40.5. The standard InChI is InChI=1S/C25H35N5O5/c1-14(2)12-29-22-18(8-9-19(31)28-11-10-16(13-28)25(4,5)35)15(3)27-30(22)24(34)20(23(29)33)21(32)26-17-6-7-17/h8-9,14,16-17,33,35H,6-7,10-13H2,1-5H3,(H,26,32)/b9-8+/t16-/m1/s1. The third-order valence-corrected chi connectivity index (χ3v) is 6.80. The monoisotopic (exact) mass is 485 g/mol. The molecule has 10 heteroatoms. The Morgan fingerprint density at radius 1 is 1.26 bits per heavy atom. The number of fused-ring (bicyclic) bond motifs is 1. The Balaban J connectivity index is 1.73. The Bertz CT molecular complexity index is 1250. The molecule has 0 aromatic carbocycles. The molecule has 0 unspecified atom stereocenters. The molecule has 0 spiro atoms. The molecule has 1 saturated carbocycles. The fourth-order valence-corrected chi connectivity index (χ4v) is 4.58. The molecule has 10 nitrogen and oxygen atoms in total. The average Bonchev–Trinajstić information content (AvgIpc) is 3.29. The van der Waals surface area contributed by atoms with Crippen molar-refractivity contribution in [2.45, 2.75) is 72.1 Å². The van der Waals surface area contributed by atoms with Crippen LogP contribution >= 0.6 is 0 Å².